The Kier molecular flexibility index (Phi) is 4.73. The van der Waals surface area contributed by atoms with E-state index < -0.39 is 18.1 Å². The van der Waals surface area contributed by atoms with Gasteiger partial charge in [-0.1, -0.05) is 13.3 Å². The lowest BCUT2D eigenvalue weighted by Gasteiger charge is -2.34. The van der Waals surface area contributed by atoms with Gasteiger partial charge in [0.15, 0.2) is 0 Å². The minimum atomic E-state index is -0.920. The maximum absolute atomic E-state index is 11.9. The molecule has 1 aliphatic heterocycles. The van der Waals surface area contributed by atoms with Crippen LogP contribution in [0, 0.1) is 0 Å². The molecule has 0 radical (unpaired) electrons. The van der Waals surface area contributed by atoms with E-state index >= 15 is 0 Å². The Hall–Kier alpha value is -1.10. The highest BCUT2D eigenvalue weighted by Crippen LogP contribution is 2.18. The molecule has 0 aromatic rings. The standard InChI is InChI=1S/C11H20N2O3/c1-2-5-8(12)10(14)13-7-4-3-6-9(13)11(15)16/h8-9H,2-7,12H2,1H3,(H,15,16)/t8-,9+/m0/s1. The molecule has 5 nitrogen and oxygen atoms in total. The molecule has 1 fully saturated rings. The largest absolute Gasteiger partial charge is 0.480 e. The van der Waals surface area contributed by atoms with Crippen LogP contribution in [0.25, 0.3) is 0 Å². The highest BCUT2D eigenvalue weighted by atomic mass is 16.4. The van der Waals surface area contributed by atoms with Crippen LogP contribution in [0.1, 0.15) is 39.0 Å². The molecule has 1 amide bonds. The van der Waals surface area contributed by atoms with Gasteiger partial charge in [0.2, 0.25) is 5.91 Å². The topological polar surface area (TPSA) is 83.6 Å². The van der Waals surface area contributed by atoms with Crippen molar-refractivity contribution in [3.63, 3.8) is 0 Å². The maximum Gasteiger partial charge on any atom is 0.326 e. The molecule has 5 heteroatoms. The first-order valence-electron chi connectivity index (χ1n) is 5.86. The quantitative estimate of drug-likeness (QED) is 0.737. The molecule has 3 N–H and O–H groups in total. The van der Waals surface area contributed by atoms with Crippen LogP contribution < -0.4 is 5.73 Å². The van der Waals surface area contributed by atoms with E-state index in [1.54, 1.807) is 0 Å². The lowest BCUT2D eigenvalue weighted by Crippen LogP contribution is -2.53. The van der Waals surface area contributed by atoms with E-state index in [9.17, 15) is 9.59 Å². The first kappa shape index (κ1) is 13.0. The van der Waals surface area contributed by atoms with Crippen LogP contribution >= 0.6 is 0 Å². The maximum atomic E-state index is 11.9. The van der Waals surface area contributed by atoms with Crippen LogP contribution in [0.3, 0.4) is 0 Å². The number of piperidine rings is 1. The Balaban J connectivity index is 2.67. The van der Waals surface area contributed by atoms with E-state index in [0.29, 0.717) is 19.4 Å². The summed E-state index contributed by atoms with van der Waals surface area (Å²) in [5.74, 6) is -1.13. The summed E-state index contributed by atoms with van der Waals surface area (Å²) < 4.78 is 0. The van der Waals surface area contributed by atoms with Gasteiger partial charge in [0.1, 0.15) is 6.04 Å². The van der Waals surface area contributed by atoms with Gasteiger partial charge in [-0.2, -0.15) is 0 Å². The van der Waals surface area contributed by atoms with Gasteiger partial charge in [-0.05, 0) is 25.7 Å². The molecule has 1 aliphatic rings. The van der Waals surface area contributed by atoms with Crippen LogP contribution in [-0.4, -0.2) is 40.5 Å². The molecule has 0 aromatic carbocycles. The van der Waals surface area contributed by atoms with Crippen molar-refractivity contribution in [1.82, 2.24) is 4.90 Å². The summed E-state index contributed by atoms with van der Waals surface area (Å²) in [4.78, 5) is 24.4. The summed E-state index contributed by atoms with van der Waals surface area (Å²) in [5, 5.41) is 9.03. The van der Waals surface area contributed by atoms with Gasteiger partial charge in [0.05, 0.1) is 6.04 Å². The van der Waals surface area contributed by atoms with Crippen molar-refractivity contribution in [2.75, 3.05) is 6.54 Å². The third-order valence-electron chi connectivity index (χ3n) is 2.99. The molecule has 92 valence electrons. The number of hydrogen-bond acceptors (Lipinski definition) is 3. The van der Waals surface area contributed by atoms with Crippen molar-refractivity contribution in [1.29, 1.82) is 0 Å². The van der Waals surface area contributed by atoms with Crippen molar-refractivity contribution < 1.29 is 14.7 Å². The highest BCUT2D eigenvalue weighted by molar-refractivity contribution is 5.87. The molecule has 1 saturated heterocycles. The Morgan fingerprint density at radius 3 is 2.75 bits per heavy atom. The number of hydrogen-bond donors (Lipinski definition) is 2. The van der Waals surface area contributed by atoms with Gasteiger partial charge < -0.3 is 15.7 Å². The van der Waals surface area contributed by atoms with Gasteiger partial charge in [0.25, 0.3) is 0 Å². The molecule has 0 unspecified atom stereocenters. The number of rotatable bonds is 4. The zero-order chi connectivity index (χ0) is 12.1. The third-order valence-corrected chi connectivity index (χ3v) is 2.99. The SMILES string of the molecule is CCC[C@H](N)C(=O)N1CCCC[C@@H]1C(=O)O. The Morgan fingerprint density at radius 2 is 2.19 bits per heavy atom. The molecule has 0 aliphatic carbocycles. The molecule has 0 aromatic heterocycles. The van der Waals surface area contributed by atoms with Crippen LogP contribution in [0.5, 0.6) is 0 Å². The summed E-state index contributed by atoms with van der Waals surface area (Å²) in [6.07, 6.45) is 3.72. The van der Waals surface area contributed by atoms with Crippen molar-refractivity contribution in [2.45, 2.75) is 51.1 Å². The second-order valence-corrected chi connectivity index (χ2v) is 4.28. The number of carbonyl (C=O) groups excluding carboxylic acids is 1. The number of carboxylic acids is 1. The van der Waals surface area contributed by atoms with Crippen molar-refractivity contribution in [3.05, 3.63) is 0 Å². The summed E-state index contributed by atoms with van der Waals surface area (Å²) in [6.45, 7) is 2.48. The average Bonchev–Trinajstić information content (AvgIpc) is 2.28. The van der Waals surface area contributed by atoms with E-state index in [-0.39, 0.29) is 5.91 Å². The highest BCUT2D eigenvalue weighted by Gasteiger charge is 2.33. The van der Waals surface area contributed by atoms with E-state index in [4.69, 9.17) is 10.8 Å². The fourth-order valence-corrected chi connectivity index (χ4v) is 2.10. The van der Waals surface area contributed by atoms with Crippen LogP contribution in [0.15, 0.2) is 0 Å². The number of nitrogens with zero attached hydrogens (tertiary/aromatic N) is 1. The van der Waals surface area contributed by atoms with Gasteiger partial charge in [-0.25, -0.2) is 4.79 Å². The molecule has 0 spiro atoms. The minimum Gasteiger partial charge on any atom is -0.480 e. The first-order chi connectivity index (χ1) is 7.57. The number of amides is 1. The number of carbonyl (C=O) groups is 2. The zero-order valence-electron chi connectivity index (χ0n) is 9.69. The number of likely N-dealkylation sites (tertiary alicyclic amines) is 1. The lowest BCUT2D eigenvalue weighted by molar-refractivity contribution is -0.152. The molecular formula is C11H20N2O3. The molecule has 16 heavy (non-hydrogen) atoms. The van der Waals surface area contributed by atoms with Gasteiger partial charge in [-0.15, -0.1) is 0 Å². The van der Waals surface area contributed by atoms with Crippen LogP contribution in [0.4, 0.5) is 0 Å². The monoisotopic (exact) mass is 228 g/mol. The van der Waals surface area contributed by atoms with Crippen LogP contribution in [-0.2, 0) is 9.59 Å². The predicted molar refractivity (Wildman–Crippen MR) is 59.9 cm³/mol. The van der Waals surface area contributed by atoms with Crippen molar-refractivity contribution in [3.8, 4) is 0 Å². The number of aliphatic carboxylic acids is 1. The fourth-order valence-electron chi connectivity index (χ4n) is 2.10. The second-order valence-electron chi connectivity index (χ2n) is 4.28. The zero-order valence-corrected chi connectivity index (χ0v) is 9.69. The molecule has 1 rings (SSSR count). The van der Waals surface area contributed by atoms with Crippen molar-refractivity contribution >= 4 is 11.9 Å². The van der Waals surface area contributed by atoms with Crippen molar-refractivity contribution in [2.24, 2.45) is 5.73 Å². The second kappa shape index (κ2) is 5.84. The Labute approximate surface area is 95.6 Å². The minimum absolute atomic E-state index is 0.214. The molecule has 0 bridgehead atoms. The summed E-state index contributed by atoms with van der Waals surface area (Å²) in [7, 11) is 0. The van der Waals surface area contributed by atoms with Gasteiger partial charge in [0, 0.05) is 6.54 Å². The third kappa shape index (κ3) is 2.95. The Bertz CT molecular complexity index is 268. The van der Waals surface area contributed by atoms with E-state index in [0.717, 1.165) is 19.3 Å². The molecule has 1 heterocycles. The van der Waals surface area contributed by atoms with E-state index in [1.165, 1.54) is 4.90 Å². The molecule has 2 atom stereocenters. The number of carboxylic acid groups (broad SMARTS) is 1. The van der Waals surface area contributed by atoms with E-state index in [1.807, 2.05) is 6.92 Å². The van der Waals surface area contributed by atoms with Gasteiger partial charge in [-0.3, -0.25) is 4.79 Å². The first-order valence-corrected chi connectivity index (χ1v) is 5.86. The fraction of sp³-hybridized carbons (Fsp3) is 0.818. The summed E-state index contributed by atoms with van der Waals surface area (Å²) in [5.41, 5.74) is 5.74. The average molecular weight is 228 g/mol. The predicted octanol–water partition coefficient (Wildman–Crippen LogP) is 0.579. The Morgan fingerprint density at radius 1 is 1.50 bits per heavy atom. The summed E-state index contributed by atoms with van der Waals surface area (Å²) >= 11 is 0. The normalized spacial score (nSPS) is 22.9. The van der Waals surface area contributed by atoms with Crippen LogP contribution in [0.2, 0.25) is 0 Å². The van der Waals surface area contributed by atoms with Gasteiger partial charge >= 0.3 is 5.97 Å². The molecule has 0 saturated carbocycles. The smallest absolute Gasteiger partial charge is 0.326 e. The lowest BCUT2D eigenvalue weighted by atomic mass is 10.0. The summed E-state index contributed by atoms with van der Waals surface area (Å²) in [6, 6.07) is -1.23. The number of nitrogens with two attached hydrogens (primary N) is 1. The molecular weight excluding hydrogens is 208 g/mol. The van der Waals surface area contributed by atoms with E-state index in [2.05, 4.69) is 0 Å².